The van der Waals surface area contributed by atoms with E-state index < -0.39 is 10.0 Å². The minimum Gasteiger partial charge on any atom is -0.369 e. The number of hydrogen-bond acceptors (Lipinski definition) is 4. The van der Waals surface area contributed by atoms with E-state index in [0.29, 0.717) is 13.0 Å². The molecule has 1 fully saturated rings. The molecular weight excluding hydrogens is 317 g/mol. The van der Waals surface area contributed by atoms with E-state index >= 15 is 0 Å². The highest BCUT2D eigenvalue weighted by atomic mass is 32.2. The molecule has 7 heteroatoms. The summed E-state index contributed by atoms with van der Waals surface area (Å²) in [6.45, 7) is 6.67. The molecule has 1 aromatic rings. The number of benzene rings is 1. The molecule has 1 heterocycles. The van der Waals surface area contributed by atoms with E-state index in [2.05, 4.69) is 14.5 Å². The van der Waals surface area contributed by atoms with Gasteiger partial charge in [0.15, 0.2) is 0 Å². The first kappa shape index (κ1) is 18.2. The highest BCUT2D eigenvalue weighted by Gasteiger charge is 2.17. The van der Waals surface area contributed by atoms with Crippen LogP contribution < -0.4 is 9.62 Å². The molecule has 0 aromatic heterocycles. The third-order valence-corrected chi connectivity index (χ3v) is 5.55. The van der Waals surface area contributed by atoms with E-state index in [0.717, 1.165) is 44.8 Å². The van der Waals surface area contributed by atoms with Crippen molar-refractivity contribution < 1.29 is 12.8 Å². The quantitative estimate of drug-likeness (QED) is 0.780. The van der Waals surface area contributed by atoms with Crippen LogP contribution in [-0.2, 0) is 10.0 Å². The van der Waals surface area contributed by atoms with Gasteiger partial charge in [0.1, 0.15) is 5.82 Å². The molecule has 0 unspecified atom stereocenters. The lowest BCUT2D eigenvalue weighted by Gasteiger charge is -2.36. The monoisotopic (exact) mass is 343 g/mol. The molecule has 1 saturated heterocycles. The van der Waals surface area contributed by atoms with E-state index in [9.17, 15) is 12.8 Å². The second-order valence-corrected chi connectivity index (χ2v) is 7.80. The van der Waals surface area contributed by atoms with Crippen molar-refractivity contribution in [2.75, 3.05) is 49.9 Å². The lowest BCUT2D eigenvalue weighted by molar-refractivity contribution is 0.262. The number of nitrogens with one attached hydrogen (secondary N) is 1. The van der Waals surface area contributed by atoms with E-state index in [1.54, 1.807) is 12.1 Å². The van der Waals surface area contributed by atoms with Crippen LogP contribution in [-0.4, -0.2) is 58.3 Å². The van der Waals surface area contributed by atoms with Crippen LogP contribution in [0.1, 0.15) is 19.8 Å². The molecule has 1 aliphatic heterocycles. The van der Waals surface area contributed by atoms with Gasteiger partial charge >= 0.3 is 0 Å². The molecule has 1 aliphatic rings. The molecule has 1 N–H and O–H groups in total. The van der Waals surface area contributed by atoms with Gasteiger partial charge in [-0.3, -0.25) is 4.90 Å². The van der Waals surface area contributed by atoms with Crippen molar-refractivity contribution in [2.24, 2.45) is 0 Å². The van der Waals surface area contributed by atoms with Gasteiger partial charge < -0.3 is 4.90 Å². The predicted octanol–water partition coefficient (Wildman–Crippen LogP) is 1.67. The Morgan fingerprint density at radius 2 is 1.78 bits per heavy atom. The van der Waals surface area contributed by atoms with Gasteiger partial charge in [-0.2, -0.15) is 0 Å². The Bertz CT molecular complexity index is 569. The number of unbranched alkanes of at least 4 members (excludes halogenated alkanes) is 1. The van der Waals surface area contributed by atoms with E-state index in [1.165, 1.54) is 12.1 Å². The Hall–Kier alpha value is -1.18. The van der Waals surface area contributed by atoms with E-state index in [4.69, 9.17) is 0 Å². The van der Waals surface area contributed by atoms with Crippen LogP contribution in [0.25, 0.3) is 0 Å². The van der Waals surface area contributed by atoms with Crippen molar-refractivity contribution in [3.8, 4) is 0 Å². The molecule has 5 nitrogen and oxygen atoms in total. The summed E-state index contributed by atoms with van der Waals surface area (Å²) in [6.07, 6.45) is 1.58. The van der Waals surface area contributed by atoms with E-state index in [-0.39, 0.29) is 11.6 Å². The number of hydrogen-bond donors (Lipinski definition) is 1. The van der Waals surface area contributed by atoms with Crippen molar-refractivity contribution >= 4 is 15.7 Å². The summed E-state index contributed by atoms with van der Waals surface area (Å²) in [6, 6.07) is 6.55. The van der Waals surface area contributed by atoms with Crippen LogP contribution in [0.4, 0.5) is 10.1 Å². The molecule has 0 spiro atoms. The molecule has 23 heavy (non-hydrogen) atoms. The molecule has 1 aromatic carbocycles. The first-order chi connectivity index (χ1) is 11.0. The fraction of sp³-hybridized carbons (Fsp3) is 0.625. The summed E-state index contributed by atoms with van der Waals surface area (Å²) in [4.78, 5) is 4.48. The average molecular weight is 343 g/mol. The molecule has 2 rings (SSSR count). The molecule has 0 amide bonds. The highest BCUT2D eigenvalue weighted by molar-refractivity contribution is 7.89. The maximum atomic E-state index is 12.9. The third kappa shape index (κ3) is 6.08. The second-order valence-electron chi connectivity index (χ2n) is 5.87. The van der Waals surface area contributed by atoms with E-state index in [1.807, 2.05) is 6.92 Å². The maximum Gasteiger partial charge on any atom is 0.211 e. The minimum atomic E-state index is -3.12. The Morgan fingerprint density at radius 3 is 2.39 bits per heavy atom. The van der Waals surface area contributed by atoms with Gasteiger partial charge in [0.2, 0.25) is 10.0 Å². The standard InChI is InChI=1S/C16H26FN3O2S/c1-2-3-14-23(21,22)18-8-9-19-10-12-20(13-11-19)16-6-4-15(17)5-7-16/h4-7,18H,2-3,8-14H2,1H3. The maximum absolute atomic E-state index is 12.9. The molecule has 0 radical (unpaired) electrons. The van der Waals surface area contributed by atoms with Gasteiger partial charge in [0.05, 0.1) is 5.75 Å². The molecular formula is C16H26FN3O2S. The van der Waals surface area contributed by atoms with Crippen molar-refractivity contribution in [2.45, 2.75) is 19.8 Å². The Balaban J connectivity index is 1.70. The molecule has 0 bridgehead atoms. The summed E-state index contributed by atoms with van der Waals surface area (Å²) in [7, 11) is -3.12. The topological polar surface area (TPSA) is 52.7 Å². The SMILES string of the molecule is CCCCS(=O)(=O)NCCN1CCN(c2ccc(F)cc2)CC1. The van der Waals surface area contributed by atoms with Gasteiger partial charge in [-0.25, -0.2) is 17.5 Å². The number of sulfonamides is 1. The van der Waals surface area contributed by atoms with Crippen molar-refractivity contribution in [1.29, 1.82) is 0 Å². The zero-order chi connectivity index (χ0) is 16.7. The van der Waals surface area contributed by atoms with Crippen molar-refractivity contribution in [1.82, 2.24) is 9.62 Å². The fourth-order valence-electron chi connectivity index (χ4n) is 2.65. The van der Waals surface area contributed by atoms with Gasteiger partial charge in [0, 0.05) is 45.0 Å². The van der Waals surface area contributed by atoms with Crippen LogP contribution >= 0.6 is 0 Å². The summed E-state index contributed by atoms with van der Waals surface area (Å²) in [5.41, 5.74) is 1.03. The number of halogens is 1. The van der Waals surface area contributed by atoms with Crippen molar-refractivity contribution in [3.63, 3.8) is 0 Å². The first-order valence-electron chi connectivity index (χ1n) is 8.20. The van der Waals surface area contributed by atoms with Crippen LogP contribution in [0.5, 0.6) is 0 Å². The summed E-state index contributed by atoms with van der Waals surface area (Å²) in [5.74, 6) is -0.00952. The van der Waals surface area contributed by atoms with Gasteiger partial charge in [-0.15, -0.1) is 0 Å². The largest absolute Gasteiger partial charge is 0.369 e. The van der Waals surface area contributed by atoms with Gasteiger partial charge in [-0.1, -0.05) is 13.3 Å². The number of piperazine rings is 1. The van der Waals surface area contributed by atoms with Crippen LogP contribution in [0, 0.1) is 5.82 Å². The molecule has 0 saturated carbocycles. The first-order valence-corrected chi connectivity index (χ1v) is 9.85. The van der Waals surface area contributed by atoms with Crippen LogP contribution in [0.15, 0.2) is 24.3 Å². The zero-order valence-corrected chi connectivity index (χ0v) is 14.5. The summed E-state index contributed by atoms with van der Waals surface area (Å²) >= 11 is 0. The normalized spacial score (nSPS) is 16.7. The summed E-state index contributed by atoms with van der Waals surface area (Å²) in [5, 5.41) is 0. The number of anilines is 1. The van der Waals surface area contributed by atoms with Gasteiger partial charge in [-0.05, 0) is 30.7 Å². The van der Waals surface area contributed by atoms with Crippen LogP contribution in [0.3, 0.4) is 0 Å². The van der Waals surface area contributed by atoms with Gasteiger partial charge in [0.25, 0.3) is 0 Å². The summed E-state index contributed by atoms with van der Waals surface area (Å²) < 4.78 is 39.1. The smallest absolute Gasteiger partial charge is 0.211 e. The second kappa shape index (κ2) is 8.61. The minimum absolute atomic E-state index is 0.210. The Labute approximate surface area is 138 Å². The highest BCUT2D eigenvalue weighted by Crippen LogP contribution is 2.16. The molecule has 130 valence electrons. The Morgan fingerprint density at radius 1 is 1.13 bits per heavy atom. The Kier molecular flexibility index (Phi) is 6.80. The number of nitrogens with zero attached hydrogens (tertiary/aromatic N) is 2. The predicted molar refractivity (Wildman–Crippen MR) is 91.8 cm³/mol. The molecule has 0 aliphatic carbocycles. The lowest BCUT2D eigenvalue weighted by atomic mass is 10.2. The fourth-order valence-corrected chi connectivity index (χ4v) is 3.86. The average Bonchev–Trinajstić information content (AvgIpc) is 2.54. The molecule has 0 atom stereocenters. The lowest BCUT2D eigenvalue weighted by Crippen LogP contribution is -2.48. The third-order valence-electron chi connectivity index (χ3n) is 4.08. The number of rotatable bonds is 8. The zero-order valence-electron chi connectivity index (χ0n) is 13.7. The van der Waals surface area contributed by atoms with Crippen molar-refractivity contribution in [3.05, 3.63) is 30.1 Å². The van der Waals surface area contributed by atoms with Crippen LogP contribution in [0.2, 0.25) is 0 Å².